The Labute approximate surface area is 215 Å². The smallest absolute Gasteiger partial charge is 0.254 e. The van der Waals surface area contributed by atoms with Gasteiger partial charge in [0.15, 0.2) is 5.82 Å². The van der Waals surface area contributed by atoms with Crippen molar-refractivity contribution in [1.82, 2.24) is 29.3 Å². The van der Waals surface area contributed by atoms with Gasteiger partial charge in [0.1, 0.15) is 16.9 Å². The van der Waals surface area contributed by atoms with Crippen LogP contribution in [0.5, 0.6) is 5.75 Å². The predicted octanol–water partition coefficient (Wildman–Crippen LogP) is 3.18. The minimum Gasteiger partial charge on any atom is -0.494 e. The van der Waals surface area contributed by atoms with Crippen LogP contribution in [-0.2, 0) is 6.54 Å². The minimum atomic E-state index is -0.0104. The molecule has 4 aromatic rings. The standard InChI is InChI=1S/C28H33N7O2/c1-37-24-12-19(28(36)33-9-3-5-20(29)16-33)10-22-25(24)35(21-13-30-14-21)27(32-22)23-11-18-4-2-8-31-26(18)34(23)15-17-6-7-17/h2,4,8,10-12,17,20-21,30H,3,5-7,9,13-16,29H2,1H3/t20-/m1/s1. The van der Waals surface area contributed by atoms with Crippen molar-refractivity contribution in [1.29, 1.82) is 0 Å². The molecule has 3 aliphatic rings. The molecular weight excluding hydrogens is 466 g/mol. The molecule has 9 nitrogen and oxygen atoms in total. The summed E-state index contributed by atoms with van der Waals surface area (Å²) < 4.78 is 10.6. The number of hydrogen-bond donors (Lipinski definition) is 2. The molecule has 1 aromatic carbocycles. The van der Waals surface area contributed by atoms with Gasteiger partial charge in [-0.15, -0.1) is 0 Å². The summed E-state index contributed by atoms with van der Waals surface area (Å²) in [6, 6.07) is 10.4. The van der Waals surface area contributed by atoms with Crippen molar-refractivity contribution < 1.29 is 9.53 Å². The van der Waals surface area contributed by atoms with E-state index in [0.717, 1.165) is 72.6 Å². The van der Waals surface area contributed by atoms with Gasteiger partial charge in [0, 0.05) is 55.9 Å². The second-order valence-electron chi connectivity index (χ2n) is 10.8. The number of imidazole rings is 1. The molecular formula is C28H33N7O2. The van der Waals surface area contributed by atoms with Gasteiger partial charge in [0.05, 0.1) is 24.4 Å². The van der Waals surface area contributed by atoms with Crippen molar-refractivity contribution >= 4 is 28.0 Å². The SMILES string of the molecule is COc1cc(C(=O)N2CCC[C@@H](N)C2)cc2nc(-c3cc4cccnc4n3CC3CC3)n(C3CNC3)c12. The molecule has 1 amide bonds. The molecule has 0 spiro atoms. The second kappa shape index (κ2) is 8.85. The number of amides is 1. The third-order valence-corrected chi connectivity index (χ3v) is 8.11. The number of methoxy groups -OCH3 is 1. The summed E-state index contributed by atoms with van der Waals surface area (Å²) in [6.07, 6.45) is 6.27. The van der Waals surface area contributed by atoms with E-state index in [1.807, 2.05) is 29.3 Å². The summed E-state index contributed by atoms with van der Waals surface area (Å²) >= 11 is 0. The highest BCUT2D eigenvalue weighted by molar-refractivity contribution is 6.00. The molecule has 0 radical (unpaired) electrons. The number of carbonyl (C=O) groups excluding carboxylic acids is 1. The van der Waals surface area contributed by atoms with Gasteiger partial charge in [0.25, 0.3) is 5.91 Å². The van der Waals surface area contributed by atoms with Gasteiger partial charge in [-0.05, 0) is 61.9 Å². The van der Waals surface area contributed by atoms with Gasteiger partial charge in [-0.1, -0.05) is 0 Å². The number of aromatic nitrogens is 4. The molecule has 2 saturated heterocycles. The van der Waals surface area contributed by atoms with E-state index in [9.17, 15) is 4.79 Å². The maximum absolute atomic E-state index is 13.5. The molecule has 1 aliphatic carbocycles. The predicted molar refractivity (Wildman–Crippen MR) is 143 cm³/mol. The summed E-state index contributed by atoms with van der Waals surface area (Å²) in [5.41, 5.74) is 10.6. The molecule has 0 unspecified atom stereocenters. The zero-order valence-corrected chi connectivity index (χ0v) is 21.2. The van der Waals surface area contributed by atoms with Crippen molar-refractivity contribution in [3.63, 3.8) is 0 Å². The van der Waals surface area contributed by atoms with Crippen LogP contribution in [0.3, 0.4) is 0 Å². The Morgan fingerprint density at radius 1 is 1.22 bits per heavy atom. The van der Waals surface area contributed by atoms with Crippen LogP contribution in [0.4, 0.5) is 0 Å². The van der Waals surface area contributed by atoms with E-state index in [4.69, 9.17) is 20.4 Å². The summed E-state index contributed by atoms with van der Waals surface area (Å²) in [5, 5.41) is 4.53. The lowest BCUT2D eigenvalue weighted by molar-refractivity contribution is 0.0708. The second-order valence-corrected chi connectivity index (χ2v) is 10.8. The highest BCUT2D eigenvalue weighted by Gasteiger charge is 2.32. The monoisotopic (exact) mass is 499 g/mol. The van der Waals surface area contributed by atoms with E-state index in [0.29, 0.717) is 23.8 Å². The fourth-order valence-electron chi connectivity index (χ4n) is 5.86. The van der Waals surface area contributed by atoms with Gasteiger partial charge >= 0.3 is 0 Å². The van der Waals surface area contributed by atoms with Crippen LogP contribution in [0.2, 0.25) is 0 Å². The van der Waals surface area contributed by atoms with Crippen molar-refractivity contribution in [2.45, 2.75) is 44.3 Å². The van der Waals surface area contributed by atoms with Gasteiger partial charge in [-0.25, -0.2) is 9.97 Å². The number of fused-ring (bicyclic) bond motifs is 2. The molecule has 9 heteroatoms. The molecule has 3 fully saturated rings. The Balaban J connectivity index is 1.41. The van der Waals surface area contributed by atoms with E-state index in [2.05, 4.69) is 26.6 Å². The Hall–Kier alpha value is -3.43. The van der Waals surface area contributed by atoms with Gasteiger partial charge in [-0.3, -0.25) is 4.79 Å². The zero-order chi connectivity index (χ0) is 25.1. The number of pyridine rings is 1. The number of rotatable bonds is 6. The van der Waals surface area contributed by atoms with E-state index < -0.39 is 0 Å². The largest absolute Gasteiger partial charge is 0.494 e. The Morgan fingerprint density at radius 3 is 2.81 bits per heavy atom. The van der Waals surface area contributed by atoms with Crippen molar-refractivity contribution in [2.24, 2.45) is 11.7 Å². The molecule has 3 aromatic heterocycles. The number of piperidine rings is 1. The molecule has 192 valence electrons. The van der Waals surface area contributed by atoms with E-state index in [-0.39, 0.29) is 18.0 Å². The highest BCUT2D eigenvalue weighted by Crippen LogP contribution is 2.40. The molecule has 3 N–H and O–H groups in total. The normalized spacial score (nSPS) is 20.5. The van der Waals surface area contributed by atoms with Crippen LogP contribution < -0.4 is 15.8 Å². The number of nitrogens with zero attached hydrogens (tertiary/aromatic N) is 5. The van der Waals surface area contributed by atoms with Crippen LogP contribution in [0.15, 0.2) is 36.5 Å². The van der Waals surface area contributed by atoms with Crippen LogP contribution >= 0.6 is 0 Å². The van der Waals surface area contributed by atoms with E-state index >= 15 is 0 Å². The average molecular weight is 500 g/mol. The first-order valence-corrected chi connectivity index (χ1v) is 13.4. The number of hydrogen-bond acceptors (Lipinski definition) is 6. The molecule has 7 rings (SSSR count). The molecule has 2 aliphatic heterocycles. The van der Waals surface area contributed by atoms with Crippen molar-refractivity contribution in [3.8, 4) is 17.3 Å². The number of nitrogens with one attached hydrogen (secondary N) is 1. The van der Waals surface area contributed by atoms with Crippen molar-refractivity contribution in [2.75, 3.05) is 33.3 Å². The van der Waals surface area contributed by atoms with E-state index in [1.54, 1.807) is 7.11 Å². The van der Waals surface area contributed by atoms with Gasteiger partial charge in [-0.2, -0.15) is 0 Å². The van der Waals surface area contributed by atoms with Crippen molar-refractivity contribution in [3.05, 3.63) is 42.1 Å². The summed E-state index contributed by atoms with van der Waals surface area (Å²) in [4.78, 5) is 25.3. The van der Waals surface area contributed by atoms with Crippen LogP contribution in [0.25, 0.3) is 33.6 Å². The summed E-state index contributed by atoms with van der Waals surface area (Å²) in [5.74, 6) is 2.26. The van der Waals surface area contributed by atoms with Crippen LogP contribution in [0.1, 0.15) is 42.1 Å². The molecule has 0 bridgehead atoms. The highest BCUT2D eigenvalue weighted by atomic mass is 16.5. The maximum atomic E-state index is 13.5. The number of ether oxygens (including phenoxy) is 1. The lowest BCUT2D eigenvalue weighted by atomic mass is 10.0. The zero-order valence-electron chi connectivity index (χ0n) is 21.2. The third kappa shape index (κ3) is 3.88. The maximum Gasteiger partial charge on any atom is 0.254 e. The molecule has 37 heavy (non-hydrogen) atoms. The Kier molecular flexibility index (Phi) is 5.44. The molecule has 1 saturated carbocycles. The third-order valence-electron chi connectivity index (χ3n) is 8.11. The number of likely N-dealkylation sites (tertiary alicyclic amines) is 1. The topological polar surface area (TPSA) is 103 Å². The number of benzene rings is 1. The average Bonchev–Trinajstić information content (AvgIpc) is 3.53. The van der Waals surface area contributed by atoms with Gasteiger partial charge in [0.2, 0.25) is 0 Å². The number of nitrogens with two attached hydrogens (primary N) is 1. The lowest BCUT2D eigenvalue weighted by Crippen LogP contribution is -2.45. The first-order chi connectivity index (χ1) is 18.1. The van der Waals surface area contributed by atoms with Crippen LogP contribution in [-0.4, -0.2) is 69.2 Å². The Bertz CT molecular complexity index is 1500. The fourth-order valence-corrected chi connectivity index (χ4v) is 5.86. The van der Waals surface area contributed by atoms with Crippen LogP contribution in [0, 0.1) is 5.92 Å². The molecule has 5 heterocycles. The first kappa shape index (κ1) is 22.7. The van der Waals surface area contributed by atoms with E-state index in [1.165, 1.54) is 12.8 Å². The minimum absolute atomic E-state index is 0.0104. The number of carbonyl (C=O) groups is 1. The fraction of sp³-hybridized carbons (Fsp3) is 0.464. The summed E-state index contributed by atoms with van der Waals surface area (Å²) in [6.45, 7) is 4.00. The summed E-state index contributed by atoms with van der Waals surface area (Å²) in [7, 11) is 1.67. The quantitative estimate of drug-likeness (QED) is 0.422. The first-order valence-electron chi connectivity index (χ1n) is 13.4. The van der Waals surface area contributed by atoms with Gasteiger partial charge < -0.3 is 29.8 Å². The lowest BCUT2D eigenvalue weighted by Gasteiger charge is -2.31. The molecule has 1 atom stereocenters. The Morgan fingerprint density at radius 2 is 2.08 bits per heavy atom.